The fourth-order valence-corrected chi connectivity index (χ4v) is 0.767. The van der Waals surface area contributed by atoms with Crippen LogP contribution in [0.4, 0.5) is 0 Å². The Hall–Kier alpha value is -1.02. The molecule has 0 heterocycles. The molecule has 0 unspecified atom stereocenters. The van der Waals surface area contributed by atoms with Crippen molar-refractivity contribution in [2.75, 3.05) is 13.7 Å². The van der Waals surface area contributed by atoms with E-state index in [1.807, 2.05) is 32.1 Å². The largest absolute Gasteiger partial charge is 0.501 e. The van der Waals surface area contributed by atoms with Gasteiger partial charge in [-0.15, -0.1) is 0 Å². The molecule has 0 fully saturated rings. The lowest BCUT2D eigenvalue weighted by molar-refractivity contribution is 0.291. The lowest BCUT2D eigenvalue weighted by Crippen LogP contribution is -1.85. The van der Waals surface area contributed by atoms with Crippen molar-refractivity contribution in [2.45, 2.75) is 13.8 Å². The van der Waals surface area contributed by atoms with Gasteiger partial charge in [-0.3, -0.25) is 0 Å². The van der Waals surface area contributed by atoms with Crippen LogP contribution in [-0.2, 0) is 4.74 Å². The van der Waals surface area contributed by atoms with E-state index in [-0.39, 0.29) is 6.61 Å². The minimum Gasteiger partial charge on any atom is -0.501 e. The summed E-state index contributed by atoms with van der Waals surface area (Å²) in [4.78, 5) is 0. The number of rotatable bonds is 4. The van der Waals surface area contributed by atoms with Gasteiger partial charge in [0, 0.05) is 5.57 Å². The summed E-state index contributed by atoms with van der Waals surface area (Å²) in [5, 5.41) is 8.56. The molecular weight excluding hydrogens is 152 g/mol. The Bertz CT molecular complexity index is 200. The van der Waals surface area contributed by atoms with Crippen molar-refractivity contribution in [1.29, 1.82) is 0 Å². The molecule has 0 aliphatic heterocycles. The molecule has 2 heteroatoms. The lowest BCUT2D eigenvalue weighted by atomic mass is 10.2. The second kappa shape index (κ2) is 6.68. The smallest absolute Gasteiger partial charge is 0.0996 e. The van der Waals surface area contributed by atoms with Crippen LogP contribution in [0.5, 0.6) is 0 Å². The van der Waals surface area contributed by atoms with E-state index in [4.69, 9.17) is 9.84 Å². The maximum absolute atomic E-state index is 8.56. The van der Waals surface area contributed by atoms with Crippen LogP contribution in [0, 0.1) is 0 Å². The van der Waals surface area contributed by atoms with Crippen molar-refractivity contribution in [3.63, 3.8) is 0 Å². The molecule has 0 radical (unpaired) electrons. The molecule has 1 N–H and O–H groups in total. The third kappa shape index (κ3) is 3.98. The van der Waals surface area contributed by atoms with Crippen molar-refractivity contribution in [2.24, 2.45) is 0 Å². The maximum Gasteiger partial charge on any atom is 0.0996 e. The summed E-state index contributed by atoms with van der Waals surface area (Å²) in [6.45, 7) is 3.88. The predicted octanol–water partition coefficient (Wildman–Crippen LogP) is 2.03. The monoisotopic (exact) mass is 168 g/mol. The van der Waals surface area contributed by atoms with Gasteiger partial charge in [-0.1, -0.05) is 24.3 Å². The van der Waals surface area contributed by atoms with E-state index >= 15 is 0 Å². The number of hydrogen-bond donors (Lipinski definition) is 1. The summed E-state index contributed by atoms with van der Waals surface area (Å²) in [6, 6.07) is 0. The van der Waals surface area contributed by atoms with Gasteiger partial charge in [0.2, 0.25) is 0 Å². The number of aliphatic hydroxyl groups is 1. The van der Waals surface area contributed by atoms with Gasteiger partial charge >= 0.3 is 0 Å². The van der Waals surface area contributed by atoms with Gasteiger partial charge in [0.15, 0.2) is 0 Å². The number of aliphatic hydroxyl groups excluding tert-OH is 1. The van der Waals surface area contributed by atoms with Crippen molar-refractivity contribution in [3.8, 4) is 0 Å². The molecule has 0 amide bonds. The van der Waals surface area contributed by atoms with Gasteiger partial charge < -0.3 is 9.84 Å². The second-order valence-electron chi connectivity index (χ2n) is 2.30. The van der Waals surface area contributed by atoms with Crippen LogP contribution in [-0.4, -0.2) is 18.8 Å². The Morgan fingerprint density at radius 2 is 2.08 bits per heavy atom. The molecule has 0 bridgehead atoms. The van der Waals surface area contributed by atoms with Crippen LogP contribution < -0.4 is 0 Å². The van der Waals surface area contributed by atoms with Crippen molar-refractivity contribution in [1.82, 2.24) is 0 Å². The SMILES string of the molecule is C\C=C/C(/C=C\CO)=C(\C)OC. The molecule has 0 saturated heterocycles. The van der Waals surface area contributed by atoms with Crippen LogP contribution in [0.2, 0.25) is 0 Å². The zero-order valence-corrected chi connectivity index (χ0v) is 7.87. The fraction of sp³-hybridized carbons (Fsp3) is 0.400. The molecule has 0 atom stereocenters. The lowest BCUT2D eigenvalue weighted by Gasteiger charge is -2.01. The summed E-state index contributed by atoms with van der Waals surface area (Å²) >= 11 is 0. The third-order valence-electron chi connectivity index (χ3n) is 1.46. The van der Waals surface area contributed by atoms with E-state index in [0.29, 0.717) is 0 Å². The van der Waals surface area contributed by atoms with Gasteiger partial charge in [-0.05, 0) is 13.8 Å². The van der Waals surface area contributed by atoms with Crippen LogP contribution in [0.1, 0.15) is 13.8 Å². The highest BCUT2D eigenvalue weighted by molar-refractivity contribution is 5.32. The zero-order chi connectivity index (χ0) is 9.40. The minimum absolute atomic E-state index is 0.0536. The Kier molecular flexibility index (Phi) is 6.11. The summed E-state index contributed by atoms with van der Waals surface area (Å²) in [5.74, 6) is 0.845. The predicted molar refractivity (Wildman–Crippen MR) is 50.7 cm³/mol. The Morgan fingerprint density at radius 1 is 1.42 bits per heavy atom. The third-order valence-corrected chi connectivity index (χ3v) is 1.46. The summed E-state index contributed by atoms with van der Waals surface area (Å²) in [7, 11) is 1.63. The molecule has 2 nitrogen and oxygen atoms in total. The van der Waals surface area contributed by atoms with Crippen LogP contribution in [0.15, 0.2) is 35.6 Å². The highest BCUT2D eigenvalue weighted by atomic mass is 16.5. The molecule has 0 aromatic rings. The molecule has 0 aromatic carbocycles. The van der Waals surface area contributed by atoms with E-state index < -0.39 is 0 Å². The first-order chi connectivity index (χ1) is 5.76. The number of hydrogen-bond acceptors (Lipinski definition) is 2. The van der Waals surface area contributed by atoms with Gasteiger partial charge in [-0.25, -0.2) is 0 Å². The highest BCUT2D eigenvalue weighted by Gasteiger charge is 1.92. The summed E-state index contributed by atoms with van der Waals surface area (Å²) < 4.78 is 5.06. The molecule has 0 aliphatic carbocycles. The highest BCUT2D eigenvalue weighted by Crippen LogP contribution is 2.07. The van der Waals surface area contributed by atoms with Crippen LogP contribution in [0.3, 0.4) is 0 Å². The molecule has 12 heavy (non-hydrogen) atoms. The van der Waals surface area contributed by atoms with E-state index in [1.54, 1.807) is 13.2 Å². The zero-order valence-electron chi connectivity index (χ0n) is 7.87. The van der Waals surface area contributed by atoms with Gasteiger partial charge in [-0.2, -0.15) is 0 Å². The Balaban J connectivity index is 4.53. The van der Waals surface area contributed by atoms with E-state index in [2.05, 4.69) is 0 Å². The first-order valence-electron chi connectivity index (χ1n) is 3.91. The molecule has 0 saturated carbocycles. The van der Waals surface area contributed by atoms with E-state index in [1.165, 1.54) is 0 Å². The number of allylic oxidation sites excluding steroid dienone is 5. The molecule has 0 aliphatic rings. The average Bonchev–Trinajstić information content (AvgIpc) is 2.11. The molecule has 0 aromatic heterocycles. The molecular formula is C10H16O2. The summed E-state index contributed by atoms with van der Waals surface area (Å²) in [5.41, 5.74) is 0.981. The molecule has 0 spiro atoms. The van der Waals surface area contributed by atoms with Crippen molar-refractivity contribution < 1.29 is 9.84 Å². The van der Waals surface area contributed by atoms with Gasteiger partial charge in [0.1, 0.15) is 0 Å². The summed E-state index contributed by atoms with van der Waals surface area (Å²) in [6.07, 6.45) is 7.38. The Labute approximate surface area is 73.9 Å². The Morgan fingerprint density at radius 3 is 2.50 bits per heavy atom. The average molecular weight is 168 g/mol. The normalized spacial score (nSPS) is 14.0. The minimum atomic E-state index is 0.0536. The van der Waals surface area contributed by atoms with Crippen LogP contribution in [0.25, 0.3) is 0 Å². The second-order valence-corrected chi connectivity index (χ2v) is 2.30. The van der Waals surface area contributed by atoms with Crippen molar-refractivity contribution >= 4 is 0 Å². The van der Waals surface area contributed by atoms with Crippen LogP contribution >= 0.6 is 0 Å². The molecule has 0 rings (SSSR count). The fourth-order valence-electron chi connectivity index (χ4n) is 0.767. The van der Waals surface area contributed by atoms with Gasteiger partial charge in [0.25, 0.3) is 0 Å². The quantitative estimate of drug-likeness (QED) is 0.514. The van der Waals surface area contributed by atoms with E-state index in [9.17, 15) is 0 Å². The number of ether oxygens (including phenoxy) is 1. The first kappa shape index (κ1) is 11.0. The first-order valence-corrected chi connectivity index (χ1v) is 3.91. The van der Waals surface area contributed by atoms with E-state index in [0.717, 1.165) is 11.3 Å². The number of methoxy groups -OCH3 is 1. The maximum atomic E-state index is 8.56. The topological polar surface area (TPSA) is 29.5 Å². The van der Waals surface area contributed by atoms with Gasteiger partial charge in [0.05, 0.1) is 19.5 Å². The molecule has 68 valence electrons. The standard InChI is InChI=1S/C10H16O2/c1-4-6-10(7-5-8-11)9(2)12-3/h4-7,11H,8H2,1-3H3/b6-4-,7-5-,10-9-. The van der Waals surface area contributed by atoms with Crippen molar-refractivity contribution in [3.05, 3.63) is 35.6 Å².